The molecular weight excluding hydrogens is 108 g/mol. The average molecular weight is 119 g/mol. The number of terminal acetylenes is 1. The highest BCUT2D eigenvalue weighted by Gasteiger charge is 2.05. The summed E-state index contributed by atoms with van der Waals surface area (Å²) in [6.45, 7) is 0. The van der Waals surface area contributed by atoms with E-state index in [0.29, 0.717) is 5.92 Å². The van der Waals surface area contributed by atoms with Gasteiger partial charge >= 0.3 is 0 Å². The van der Waals surface area contributed by atoms with Crippen LogP contribution in [0.25, 0.3) is 0 Å². The van der Waals surface area contributed by atoms with E-state index < -0.39 is 0 Å². The zero-order valence-corrected chi connectivity index (χ0v) is 5.51. The Balaban J connectivity index is 2.33. The standard InChI is InChI=1S/C9H11/c1-2-6-9-7-4-3-5-8-9/h1,4,6-7,9H,3,5,8H2. The normalized spacial score (nSPS) is 25.4. The Hall–Kier alpha value is -0.700. The van der Waals surface area contributed by atoms with Gasteiger partial charge < -0.3 is 0 Å². The molecule has 1 aliphatic carbocycles. The van der Waals surface area contributed by atoms with Gasteiger partial charge in [0.2, 0.25) is 0 Å². The van der Waals surface area contributed by atoms with Gasteiger partial charge in [0.15, 0.2) is 0 Å². The molecule has 1 atom stereocenters. The molecule has 0 heteroatoms. The summed E-state index contributed by atoms with van der Waals surface area (Å²) in [4.78, 5) is 0. The molecule has 0 heterocycles. The minimum absolute atomic E-state index is 0.559. The third-order valence-corrected chi connectivity index (χ3v) is 1.60. The van der Waals surface area contributed by atoms with E-state index in [-0.39, 0.29) is 0 Å². The fourth-order valence-electron chi connectivity index (χ4n) is 1.10. The maximum Gasteiger partial charge on any atom is 0.0406 e. The Morgan fingerprint density at radius 3 is 3.11 bits per heavy atom. The molecule has 0 fully saturated rings. The molecule has 1 radical (unpaired) electrons. The smallest absolute Gasteiger partial charge is 0.0406 e. The molecule has 0 spiro atoms. The summed E-state index contributed by atoms with van der Waals surface area (Å²) in [6.07, 6.45) is 15.2. The van der Waals surface area contributed by atoms with Crippen molar-refractivity contribution in [1.82, 2.24) is 0 Å². The molecule has 0 aromatic carbocycles. The molecule has 0 aliphatic heterocycles. The summed E-state index contributed by atoms with van der Waals surface area (Å²) in [5.74, 6) is 3.12. The second kappa shape index (κ2) is 3.35. The Morgan fingerprint density at radius 1 is 1.67 bits per heavy atom. The van der Waals surface area contributed by atoms with Gasteiger partial charge in [0, 0.05) is 6.42 Å². The van der Waals surface area contributed by atoms with Gasteiger partial charge in [-0.05, 0) is 25.2 Å². The molecule has 0 saturated heterocycles. The minimum atomic E-state index is 0.559. The molecule has 0 nitrogen and oxygen atoms in total. The number of allylic oxidation sites excluding steroid dienone is 2. The van der Waals surface area contributed by atoms with E-state index in [1.807, 2.05) is 6.42 Å². The predicted molar refractivity (Wildman–Crippen MR) is 39.6 cm³/mol. The van der Waals surface area contributed by atoms with Crippen LogP contribution in [0.5, 0.6) is 0 Å². The van der Waals surface area contributed by atoms with E-state index in [2.05, 4.69) is 18.1 Å². The highest BCUT2D eigenvalue weighted by molar-refractivity contribution is 5.11. The predicted octanol–water partition coefficient (Wildman–Crippen LogP) is 2.18. The van der Waals surface area contributed by atoms with Gasteiger partial charge in [0.05, 0.1) is 0 Å². The summed E-state index contributed by atoms with van der Waals surface area (Å²) in [6, 6.07) is 0. The van der Waals surface area contributed by atoms with Gasteiger partial charge in [-0.2, -0.15) is 0 Å². The van der Waals surface area contributed by atoms with Crippen LogP contribution < -0.4 is 0 Å². The zero-order chi connectivity index (χ0) is 6.53. The molecule has 1 unspecified atom stereocenters. The van der Waals surface area contributed by atoms with E-state index in [0.717, 1.165) is 0 Å². The minimum Gasteiger partial charge on any atom is -0.120 e. The van der Waals surface area contributed by atoms with Gasteiger partial charge in [-0.3, -0.25) is 0 Å². The number of rotatable bonds is 1. The van der Waals surface area contributed by atoms with Crippen LogP contribution in [-0.4, -0.2) is 0 Å². The first-order valence-corrected chi connectivity index (χ1v) is 3.39. The Labute approximate surface area is 57.0 Å². The van der Waals surface area contributed by atoms with E-state index in [1.54, 1.807) is 0 Å². The molecule has 0 saturated carbocycles. The molecule has 0 bridgehead atoms. The van der Waals surface area contributed by atoms with Crippen molar-refractivity contribution < 1.29 is 0 Å². The van der Waals surface area contributed by atoms with Gasteiger partial charge in [-0.15, -0.1) is 12.3 Å². The highest BCUT2D eigenvalue weighted by atomic mass is 14.1. The molecule has 0 aromatic rings. The van der Waals surface area contributed by atoms with Gasteiger partial charge in [-0.1, -0.05) is 12.2 Å². The lowest BCUT2D eigenvalue weighted by Gasteiger charge is -2.11. The maximum atomic E-state index is 5.12. The van der Waals surface area contributed by atoms with Crippen LogP contribution in [0.4, 0.5) is 0 Å². The van der Waals surface area contributed by atoms with Crippen molar-refractivity contribution >= 4 is 0 Å². The summed E-state index contributed by atoms with van der Waals surface area (Å²) in [5, 5.41) is 0. The van der Waals surface area contributed by atoms with Crippen molar-refractivity contribution in [3.63, 3.8) is 0 Å². The SMILES string of the molecule is C#C[CH]C1C=CCCC1. The Morgan fingerprint density at radius 2 is 2.56 bits per heavy atom. The third-order valence-electron chi connectivity index (χ3n) is 1.60. The van der Waals surface area contributed by atoms with Crippen LogP contribution in [-0.2, 0) is 0 Å². The monoisotopic (exact) mass is 119 g/mol. The first-order chi connectivity index (χ1) is 4.43. The van der Waals surface area contributed by atoms with Gasteiger partial charge in [0.1, 0.15) is 0 Å². The molecule has 9 heavy (non-hydrogen) atoms. The first-order valence-electron chi connectivity index (χ1n) is 3.39. The van der Waals surface area contributed by atoms with Crippen molar-refractivity contribution in [2.24, 2.45) is 5.92 Å². The fraction of sp³-hybridized carbons (Fsp3) is 0.444. The summed E-state index contributed by atoms with van der Waals surface area (Å²) < 4.78 is 0. The van der Waals surface area contributed by atoms with Crippen LogP contribution in [0.1, 0.15) is 19.3 Å². The Kier molecular flexibility index (Phi) is 2.39. The van der Waals surface area contributed by atoms with Crippen molar-refractivity contribution in [2.75, 3.05) is 0 Å². The second-order valence-electron chi connectivity index (χ2n) is 2.36. The lowest BCUT2D eigenvalue weighted by molar-refractivity contribution is 0.613. The van der Waals surface area contributed by atoms with Crippen LogP contribution in [0.3, 0.4) is 0 Å². The number of hydrogen-bond donors (Lipinski definition) is 0. The quantitative estimate of drug-likeness (QED) is 0.366. The lowest BCUT2D eigenvalue weighted by atomic mass is 9.94. The lowest BCUT2D eigenvalue weighted by Crippen LogP contribution is -1.99. The van der Waals surface area contributed by atoms with Crippen LogP contribution in [0, 0.1) is 24.7 Å². The van der Waals surface area contributed by atoms with E-state index in [1.165, 1.54) is 19.3 Å². The summed E-state index contributed by atoms with van der Waals surface area (Å²) in [5.41, 5.74) is 0. The highest BCUT2D eigenvalue weighted by Crippen LogP contribution is 2.18. The van der Waals surface area contributed by atoms with Crippen LogP contribution >= 0.6 is 0 Å². The average Bonchev–Trinajstić information content (AvgIpc) is 1.91. The van der Waals surface area contributed by atoms with Gasteiger partial charge in [0.25, 0.3) is 0 Å². The Bertz CT molecular complexity index is 137. The van der Waals surface area contributed by atoms with Crippen molar-refractivity contribution in [3.05, 3.63) is 18.6 Å². The molecule has 0 N–H and O–H groups in total. The number of hydrogen-bond acceptors (Lipinski definition) is 0. The maximum absolute atomic E-state index is 5.12. The largest absolute Gasteiger partial charge is 0.120 e. The van der Waals surface area contributed by atoms with E-state index in [4.69, 9.17) is 6.42 Å². The van der Waals surface area contributed by atoms with Crippen molar-refractivity contribution in [2.45, 2.75) is 19.3 Å². The molecule has 0 aromatic heterocycles. The second-order valence-corrected chi connectivity index (χ2v) is 2.36. The summed E-state index contributed by atoms with van der Waals surface area (Å²) in [7, 11) is 0. The third kappa shape index (κ3) is 1.93. The van der Waals surface area contributed by atoms with E-state index >= 15 is 0 Å². The zero-order valence-electron chi connectivity index (χ0n) is 5.51. The molecular formula is C9H11. The molecule has 1 aliphatic rings. The van der Waals surface area contributed by atoms with Crippen molar-refractivity contribution in [1.29, 1.82) is 0 Å². The fourth-order valence-corrected chi connectivity index (χ4v) is 1.10. The topological polar surface area (TPSA) is 0 Å². The molecule has 0 amide bonds. The van der Waals surface area contributed by atoms with Crippen LogP contribution in [0.2, 0.25) is 0 Å². The van der Waals surface area contributed by atoms with Crippen LogP contribution in [0.15, 0.2) is 12.2 Å². The molecule has 1 rings (SSSR count). The first kappa shape index (κ1) is 6.42. The molecule has 47 valence electrons. The summed E-state index contributed by atoms with van der Waals surface area (Å²) >= 11 is 0. The van der Waals surface area contributed by atoms with E-state index in [9.17, 15) is 0 Å². The van der Waals surface area contributed by atoms with Crippen molar-refractivity contribution in [3.8, 4) is 12.3 Å². The van der Waals surface area contributed by atoms with Gasteiger partial charge in [-0.25, -0.2) is 0 Å².